The molecule has 1 heterocycles. The van der Waals surface area contributed by atoms with Crippen LogP contribution in [0, 0.1) is 6.92 Å². The predicted molar refractivity (Wildman–Crippen MR) is 122 cm³/mol. The molecule has 0 spiro atoms. The molecule has 0 aromatic heterocycles. The molecule has 1 aliphatic heterocycles. The van der Waals surface area contributed by atoms with E-state index in [2.05, 4.69) is 40.5 Å². The molecule has 0 aliphatic carbocycles. The van der Waals surface area contributed by atoms with Crippen molar-refractivity contribution >= 4 is 34.6 Å². The van der Waals surface area contributed by atoms with E-state index in [1.165, 1.54) is 11.9 Å². The highest BCUT2D eigenvalue weighted by Gasteiger charge is 2.51. The van der Waals surface area contributed by atoms with Crippen LogP contribution in [0.25, 0.3) is 0 Å². The molecule has 2 aromatic rings. The molecule has 0 fully saturated rings. The zero-order chi connectivity index (χ0) is 21.9. The minimum Gasteiger partial charge on any atom is -0.372 e. The highest BCUT2D eigenvalue weighted by atomic mass is 16.2. The maximum Gasteiger partial charge on any atom is 0.300 e. The molecule has 2 amide bonds. The van der Waals surface area contributed by atoms with Gasteiger partial charge in [-0.25, -0.2) is 0 Å². The summed E-state index contributed by atoms with van der Waals surface area (Å²) in [4.78, 5) is 27.8. The molecule has 0 bridgehead atoms. The first-order valence-corrected chi connectivity index (χ1v) is 10.2. The number of hydrazone groups is 1. The summed E-state index contributed by atoms with van der Waals surface area (Å²) < 4.78 is 0. The van der Waals surface area contributed by atoms with Crippen LogP contribution in [0.4, 0.5) is 17.1 Å². The number of anilines is 3. The van der Waals surface area contributed by atoms with E-state index in [1.807, 2.05) is 49.4 Å². The molecule has 0 saturated heterocycles. The van der Waals surface area contributed by atoms with Gasteiger partial charge in [0, 0.05) is 31.4 Å². The van der Waals surface area contributed by atoms with E-state index >= 15 is 0 Å². The molecule has 2 aromatic carbocycles. The molecule has 158 valence electrons. The van der Waals surface area contributed by atoms with Gasteiger partial charge >= 0.3 is 0 Å². The maximum absolute atomic E-state index is 13.5. The number of nitrogens with zero attached hydrogens (tertiary/aromatic N) is 3. The lowest BCUT2D eigenvalue weighted by Gasteiger charge is -2.32. The van der Waals surface area contributed by atoms with E-state index in [-0.39, 0.29) is 11.8 Å². The fraction of sp³-hybridized carbons (Fsp3) is 0.348. The van der Waals surface area contributed by atoms with E-state index < -0.39 is 5.66 Å². The van der Waals surface area contributed by atoms with E-state index in [1.54, 1.807) is 6.92 Å². The zero-order valence-electron chi connectivity index (χ0n) is 18.2. The Morgan fingerprint density at radius 2 is 1.77 bits per heavy atom. The van der Waals surface area contributed by atoms with Crippen LogP contribution in [0.2, 0.25) is 0 Å². The summed E-state index contributed by atoms with van der Waals surface area (Å²) in [5.74, 6) is -0.675. The number of hydrogen-bond donors (Lipinski definition) is 2. The summed E-state index contributed by atoms with van der Waals surface area (Å²) in [7, 11) is 0. The summed E-state index contributed by atoms with van der Waals surface area (Å²) in [5.41, 5.74) is 2.53. The molecule has 30 heavy (non-hydrogen) atoms. The van der Waals surface area contributed by atoms with Gasteiger partial charge in [0.2, 0.25) is 11.6 Å². The third-order valence-electron chi connectivity index (χ3n) is 5.33. The summed E-state index contributed by atoms with van der Waals surface area (Å²) in [6.07, 6.45) is 0. The second-order valence-corrected chi connectivity index (χ2v) is 7.37. The molecule has 1 atom stereocenters. The first kappa shape index (κ1) is 21.4. The van der Waals surface area contributed by atoms with Crippen molar-refractivity contribution in [3.8, 4) is 0 Å². The molecule has 1 unspecified atom stereocenters. The fourth-order valence-electron chi connectivity index (χ4n) is 3.69. The minimum absolute atomic E-state index is 0.322. The molecule has 0 radical (unpaired) electrons. The van der Waals surface area contributed by atoms with E-state index in [4.69, 9.17) is 0 Å². The van der Waals surface area contributed by atoms with E-state index in [0.29, 0.717) is 11.4 Å². The molecule has 2 N–H and O–H groups in total. The number of amides is 2. The van der Waals surface area contributed by atoms with Crippen LogP contribution in [0.15, 0.2) is 53.6 Å². The van der Waals surface area contributed by atoms with Gasteiger partial charge in [0.1, 0.15) is 0 Å². The first-order valence-electron chi connectivity index (χ1n) is 10.2. The number of benzene rings is 2. The Labute approximate surface area is 177 Å². The first-order chi connectivity index (χ1) is 14.3. The molecule has 0 saturated carbocycles. The van der Waals surface area contributed by atoms with Crippen LogP contribution in [-0.2, 0) is 9.59 Å². The normalized spacial score (nSPS) is 18.2. The monoisotopic (exact) mass is 407 g/mol. The third kappa shape index (κ3) is 3.87. The fourth-order valence-corrected chi connectivity index (χ4v) is 3.69. The lowest BCUT2D eigenvalue weighted by molar-refractivity contribution is -0.127. The van der Waals surface area contributed by atoms with Crippen molar-refractivity contribution < 1.29 is 9.59 Å². The van der Waals surface area contributed by atoms with Crippen molar-refractivity contribution in [1.82, 2.24) is 5.32 Å². The Balaban J connectivity index is 1.98. The Morgan fingerprint density at radius 3 is 2.33 bits per heavy atom. The molecule has 3 rings (SSSR count). The van der Waals surface area contributed by atoms with Crippen LogP contribution in [-0.4, -0.2) is 36.3 Å². The van der Waals surface area contributed by atoms with Crippen molar-refractivity contribution in [3.05, 3.63) is 54.1 Å². The Bertz CT molecular complexity index is 969. The van der Waals surface area contributed by atoms with E-state index in [0.717, 1.165) is 30.0 Å². The molecule has 7 nitrogen and oxygen atoms in total. The van der Waals surface area contributed by atoms with Gasteiger partial charge in [0.25, 0.3) is 5.91 Å². The highest BCUT2D eigenvalue weighted by Crippen LogP contribution is 2.30. The topological polar surface area (TPSA) is 77.0 Å². The maximum atomic E-state index is 13.5. The second kappa shape index (κ2) is 8.57. The van der Waals surface area contributed by atoms with Crippen molar-refractivity contribution in [2.24, 2.45) is 5.10 Å². The van der Waals surface area contributed by atoms with Gasteiger partial charge in [-0.05, 0) is 63.6 Å². The molecule has 7 heteroatoms. The highest BCUT2D eigenvalue weighted by molar-refractivity contribution is 6.25. The van der Waals surface area contributed by atoms with Gasteiger partial charge in [-0.15, -0.1) is 0 Å². The summed E-state index contributed by atoms with van der Waals surface area (Å²) in [6.45, 7) is 11.2. The average Bonchev–Trinajstić information content (AvgIpc) is 2.96. The third-order valence-corrected chi connectivity index (χ3v) is 5.33. The summed E-state index contributed by atoms with van der Waals surface area (Å²) in [5, 5.41) is 11.9. The van der Waals surface area contributed by atoms with Crippen molar-refractivity contribution in [2.45, 2.75) is 40.3 Å². The largest absolute Gasteiger partial charge is 0.372 e. The van der Waals surface area contributed by atoms with Gasteiger partial charge in [-0.2, -0.15) is 10.1 Å². The average molecular weight is 408 g/mol. The van der Waals surface area contributed by atoms with Crippen LogP contribution in [0.5, 0.6) is 0 Å². The lowest BCUT2D eigenvalue weighted by Crippen LogP contribution is -2.64. The Hall–Kier alpha value is -3.35. The molecular formula is C23H29N5O2. The number of nitrogens with one attached hydrogen (secondary N) is 2. The predicted octanol–water partition coefficient (Wildman–Crippen LogP) is 3.51. The van der Waals surface area contributed by atoms with Crippen molar-refractivity contribution in [1.29, 1.82) is 0 Å². The van der Waals surface area contributed by atoms with Gasteiger partial charge in [0.15, 0.2) is 0 Å². The van der Waals surface area contributed by atoms with Crippen molar-refractivity contribution in [2.75, 3.05) is 28.3 Å². The molecular weight excluding hydrogens is 378 g/mol. The Kier molecular flexibility index (Phi) is 6.10. The quantitative estimate of drug-likeness (QED) is 0.689. The number of hydrogen-bond acceptors (Lipinski definition) is 5. The number of rotatable bonds is 7. The van der Waals surface area contributed by atoms with Gasteiger partial charge in [-0.3, -0.25) is 9.59 Å². The van der Waals surface area contributed by atoms with Crippen LogP contribution < -0.4 is 20.5 Å². The Morgan fingerprint density at radius 1 is 1.10 bits per heavy atom. The number of para-hydroxylation sites is 1. The van der Waals surface area contributed by atoms with Crippen LogP contribution in [0.1, 0.15) is 33.3 Å². The van der Waals surface area contributed by atoms with E-state index in [9.17, 15) is 9.59 Å². The molecule has 1 aliphatic rings. The summed E-state index contributed by atoms with van der Waals surface area (Å²) >= 11 is 0. The summed E-state index contributed by atoms with van der Waals surface area (Å²) in [6, 6.07) is 15.2. The van der Waals surface area contributed by atoms with Gasteiger partial charge in [0.05, 0.1) is 11.4 Å². The van der Waals surface area contributed by atoms with Crippen LogP contribution >= 0.6 is 0 Å². The van der Waals surface area contributed by atoms with Crippen LogP contribution in [0.3, 0.4) is 0 Å². The van der Waals surface area contributed by atoms with Gasteiger partial charge in [-0.1, -0.05) is 18.2 Å². The van der Waals surface area contributed by atoms with Gasteiger partial charge < -0.3 is 15.5 Å². The number of carbonyl (C=O) groups is 2. The lowest BCUT2D eigenvalue weighted by atomic mass is 10.0. The smallest absolute Gasteiger partial charge is 0.300 e. The number of aryl methyl sites for hydroxylation is 1. The number of carbonyl (C=O) groups excluding carboxylic acids is 2. The SMILES string of the molecule is CCN(CC)c1ccc(NC2(NC(C)=O)C(=O)N(c3ccccc3)N=C2C)c(C)c1. The van der Waals surface area contributed by atoms with Crippen molar-refractivity contribution in [3.63, 3.8) is 0 Å². The second-order valence-electron chi connectivity index (χ2n) is 7.37. The standard InChI is InChI=1S/C23H29N5O2/c1-6-27(7-2)20-13-14-21(16(3)15-20)25-23(24-18(5)29)17(4)26-28(22(23)30)19-11-9-8-10-12-19/h8-15,25H,6-7H2,1-5H3,(H,24,29). The zero-order valence-corrected chi connectivity index (χ0v) is 18.2. The minimum atomic E-state index is -1.44.